The average Bonchev–Trinajstić information content (AvgIpc) is 3.15. The van der Waals surface area contributed by atoms with Crippen molar-refractivity contribution in [2.24, 2.45) is 0 Å². The molecule has 10 heteroatoms. The summed E-state index contributed by atoms with van der Waals surface area (Å²) in [5.74, 6) is -0.0472. The number of carbonyl (C=O) groups is 2. The molecule has 1 aromatic heterocycles. The van der Waals surface area contributed by atoms with E-state index in [0.717, 1.165) is 0 Å². The largest absolute Gasteiger partial charge is 0.486 e. The molecule has 3 rings (SSSR count). The van der Waals surface area contributed by atoms with Crippen LogP contribution in [0.15, 0.2) is 36.4 Å². The van der Waals surface area contributed by atoms with Crippen molar-refractivity contribution in [2.45, 2.75) is 6.10 Å². The van der Waals surface area contributed by atoms with Gasteiger partial charge in [-0.3, -0.25) is 14.9 Å². The Labute approximate surface area is 151 Å². The zero-order chi connectivity index (χ0) is 18.5. The lowest BCUT2D eigenvalue weighted by molar-refractivity contribution is -0.380. The molecule has 0 bridgehead atoms. The molecule has 1 aliphatic rings. The van der Waals surface area contributed by atoms with E-state index in [4.69, 9.17) is 14.2 Å². The van der Waals surface area contributed by atoms with Crippen molar-refractivity contribution in [2.75, 3.05) is 19.8 Å². The van der Waals surface area contributed by atoms with Gasteiger partial charge in [0.1, 0.15) is 17.6 Å². The standard InChI is InChI=1S/C16H14N2O7S/c19-14(9-24-16(20)13-5-6-15(26-13)18(21)22)17-7-10-8-23-11-3-1-2-4-12(11)25-10/h1-6,10H,7-9H2,(H,17,19)/t10-/m0/s1. The molecule has 9 nitrogen and oxygen atoms in total. The van der Waals surface area contributed by atoms with Crippen molar-refractivity contribution in [1.29, 1.82) is 0 Å². The smallest absolute Gasteiger partial charge is 0.349 e. The Morgan fingerprint density at radius 3 is 2.77 bits per heavy atom. The monoisotopic (exact) mass is 378 g/mol. The molecular formula is C16H14N2O7S. The van der Waals surface area contributed by atoms with Gasteiger partial charge in [-0.15, -0.1) is 0 Å². The van der Waals surface area contributed by atoms with Crippen molar-refractivity contribution in [1.82, 2.24) is 5.32 Å². The van der Waals surface area contributed by atoms with Crippen molar-refractivity contribution in [3.05, 3.63) is 51.4 Å². The summed E-state index contributed by atoms with van der Waals surface area (Å²) in [5.41, 5.74) is 0. The lowest BCUT2D eigenvalue weighted by atomic mass is 10.2. The number of rotatable bonds is 6. The number of benzene rings is 1. The highest BCUT2D eigenvalue weighted by atomic mass is 32.1. The number of nitrogens with zero attached hydrogens (tertiary/aromatic N) is 1. The number of carbonyl (C=O) groups excluding carboxylic acids is 2. The molecule has 0 aliphatic carbocycles. The van der Waals surface area contributed by atoms with E-state index in [9.17, 15) is 19.7 Å². The third kappa shape index (κ3) is 4.28. The highest BCUT2D eigenvalue weighted by Crippen LogP contribution is 2.30. The summed E-state index contributed by atoms with van der Waals surface area (Å²) in [6, 6.07) is 9.70. The molecule has 1 atom stereocenters. The molecule has 136 valence electrons. The van der Waals surface area contributed by atoms with E-state index in [1.54, 1.807) is 12.1 Å². The summed E-state index contributed by atoms with van der Waals surface area (Å²) in [7, 11) is 0. The first-order chi connectivity index (χ1) is 12.5. The number of ether oxygens (including phenoxy) is 3. The summed E-state index contributed by atoms with van der Waals surface area (Å²) >= 11 is 0.688. The van der Waals surface area contributed by atoms with Crippen LogP contribution < -0.4 is 14.8 Å². The number of nitrogens with one attached hydrogen (secondary N) is 1. The first-order valence-corrected chi connectivity index (χ1v) is 8.41. The number of hydrogen-bond donors (Lipinski definition) is 1. The Hall–Kier alpha value is -3.14. The molecule has 0 saturated heterocycles. The SMILES string of the molecule is O=C(COC(=O)c1ccc([N+](=O)[O-])s1)NC[C@H]1COc2ccccc2O1. The van der Waals surface area contributed by atoms with Crippen LogP contribution >= 0.6 is 11.3 Å². The number of fused-ring (bicyclic) bond motifs is 1. The molecule has 0 fully saturated rings. The Balaban J connectivity index is 1.42. The Kier molecular flexibility index (Phi) is 5.32. The molecule has 1 aliphatic heterocycles. The predicted octanol–water partition coefficient (Wildman–Crippen LogP) is 1.77. The molecule has 0 unspecified atom stereocenters. The topological polar surface area (TPSA) is 117 Å². The fourth-order valence-electron chi connectivity index (χ4n) is 2.18. The lowest BCUT2D eigenvalue weighted by Crippen LogP contribution is -2.42. The van der Waals surface area contributed by atoms with Gasteiger partial charge in [0.05, 0.1) is 11.5 Å². The Morgan fingerprint density at radius 1 is 1.27 bits per heavy atom. The third-order valence-corrected chi connectivity index (χ3v) is 4.42. The molecule has 1 aromatic carbocycles. The number of nitro groups is 1. The molecule has 0 radical (unpaired) electrons. The molecule has 26 heavy (non-hydrogen) atoms. The maximum Gasteiger partial charge on any atom is 0.349 e. The van der Waals surface area contributed by atoms with E-state index in [0.29, 0.717) is 22.8 Å². The molecule has 2 heterocycles. The van der Waals surface area contributed by atoms with Crippen LogP contribution in [0.3, 0.4) is 0 Å². The van der Waals surface area contributed by atoms with Crippen LogP contribution in [0, 0.1) is 10.1 Å². The van der Waals surface area contributed by atoms with Gasteiger partial charge in [-0.2, -0.15) is 0 Å². The molecule has 2 aromatic rings. The summed E-state index contributed by atoms with van der Waals surface area (Å²) in [4.78, 5) is 33.6. The normalized spacial score (nSPS) is 15.2. The van der Waals surface area contributed by atoms with E-state index in [-0.39, 0.29) is 29.1 Å². The van der Waals surface area contributed by atoms with Crippen LogP contribution in [0.5, 0.6) is 11.5 Å². The van der Waals surface area contributed by atoms with Crippen molar-refractivity contribution >= 4 is 28.2 Å². The van der Waals surface area contributed by atoms with E-state index in [1.807, 2.05) is 12.1 Å². The maximum absolute atomic E-state index is 11.8. The Bertz CT molecular complexity index is 836. The second kappa shape index (κ2) is 7.83. The second-order valence-corrected chi connectivity index (χ2v) is 6.34. The third-order valence-electron chi connectivity index (χ3n) is 3.40. The number of para-hydroxylation sites is 2. The number of amides is 1. The van der Waals surface area contributed by atoms with Crippen LogP contribution in [0.2, 0.25) is 0 Å². The quantitative estimate of drug-likeness (QED) is 0.462. The van der Waals surface area contributed by atoms with Gasteiger partial charge < -0.3 is 19.5 Å². The van der Waals surface area contributed by atoms with Gasteiger partial charge in [0.25, 0.3) is 5.91 Å². The number of hydrogen-bond acceptors (Lipinski definition) is 8. The number of thiophene rings is 1. The van der Waals surface area contributed by atoms with Gasteiger partial charge in [-0.1, -0.05) is 23.5 Å². The van der Waals surface area contributed by atoms with Gasteiger partial charge in [-0.05, 0) is 18.2 Å². The average molecular weight is 378 g/mol. The van der Waals surface area contributed by atoms with E-state index < -0.39 is 23.4 Å². The predicted molar refractivity (Wildman–Crippen MR) is 90.6 cm³/mol. The second-order valence-electron chi connectivity index (χ2n) is 5.27. The molecular weight excluding hydrogens is 364 g/mol. The summed E-state index contributed by atoms with van der Waals surface area (Å²) in [6.45, 7) is -0.0141. The fraction of sp³-hybridized carbons (Fsp3) is 0.250. The minimum absolute atomic E-state index is 0.0603. The lowest BCUT2D eigenvalue weighted by Gasteiger charge is -2.26. The van der Waals surface area contributed by atoms with Crippen molar-refractivity contribution in [3.63, 3.8) is 0 Å². The molecule has 0 spiro atoms. The highest BCUT2D eigenvalue weighted by molar-refractivity contribution is 7.17. The van der Waals surface area contributed by atoms with Crippen molar-refractivity contribution in [3.8, 4) is 11.5 Å². The van der Waals surface area contributed by atoms with E-state index in [1.165, 1.54) is 12.1 Å². The van der Waals surface area contributed by atoms with Crippen LogP contribution in [-0.2, 0) is 9.53 Å². The van der Waals surface area contributed by atoms with Gasteiger partial charge >= 0.3 is 11.0 Å². The van der Waals surface area contributed by atoms with Gasteiger partial charge in [0.15, 0.2) is 18.1 Å². The van der Waals surface area contributed by atoms with Crippen LogP contribution in [0.4, 0.5) is 5.00 Å². The summed E-state index contributed by atoms with van der Waals surface area (Å²) < 4.78 is 16.1. The molecule has 1 N–H and O–H groups in total. The van der Waals surface area contributed by atoms with Crippen LogP contribution in [0.1, 0.15) is 9.67 Å². The van der Waals surface area contributed by atoms with Crippen LogP contribution in [-0.4, -0.2) is 42.7 Å². The van der Waals surface area contributed by atoms with Gasteiger partial charge in [0.2, 0.25) is 0 Å². The van der Waals surface area contributed by atoms with E-state index >= 15 is 0 Å². The first kappa shape index (κ1) is 17.7. The van der Waals surface area contributed by atoms with Gasteiger partial charge in [0, 0.05) is 6.07 Å². The zero-order valence-electron chi connectivity index (χ0n) is 13.4. The minimum atomic E-state index is -0.788. The molecule has 1 amide bonds. The first-order valence-electron chi connectivity index (χ1n) is 7.59. The highest BCUT2D eigenvalue weighted by Gasteiger charge is 2.22. The fourth-order valence-corrected chi connectivity index (χ4v) is 2.89. The zero-order valence-corrected chi connectivity index (χ0v) is 14.2. The summed E-state index contributed by atoms with van der Waals surface area (Å²) in [6.07, 6.45) is -0.357. The van der Waals surface area contributed by atoms with Crippen LogP contribution in [0.25, 0.3) is 0 Å². The summed E-state index contributed by atoms with van der Waals surface area (Å²) in [5, 5.41) is 13.0. The van der Waals surface area contributed by atoms with E-state index in [2.05, 4.69) is 5.32 Å². The minimum Gasteiger partial charge on any atom is -0.486 e. The number of esters is 1. The molecule has 0 saturated carbocycles. The van der Waals surface area contributed by atoms with Gasteiger partial charge in [-0.25, -0.2) is 4.79 Å². The van der Waals surface area contributed by atoms with Crippen molar-refractivity contribution < 1.29 is 28.7 Å². The maximum atomic E-state index is 11.8. The Morgan fingerprint density at radius 2 is 2.04 bits per heavy atom.